The average Bonchev–Trinajstić information content (AvgIpc) is 2.54. The molecule has 0 aromatic heterocycles. The molecule has 2 rings (SSSR count). The van der Waals surface area contributed by atoms with Gasteiger partial charge in [-0.2, -0.15) is 0 Å². The number of urea groups is 1. The largest absolute Gasteiger partial charge is 0.322 e. The summed E-state index contributed by atoms with van der Waals surface area (Å²) in [7, 11) is 3.93. The van der Waals surface area contributed by atoms with Gasteiger partial charge in [0.15, 0.2) is 0 Å². The van der Waals surface area contributed by atoms with Gasteiger partial charge >= 0.3 is 6.03 Å². The fraction of sp³-hybridized carbons (Fsp3) is 0.278. The first-order chi connectivity index (χ1) is 11.0. The minimum atomic E-state index is -0.276. The molecule has 0 bridgehead atoms. The van der Waals surface area contributed by atoms with Crippen LogP contribution in [0.4, 0.5) is 14.9 Å². The molecule has 0 aliphatic carbocycles. The van der Waals surface area contributed by atoms with E-state index in [-0.39, 0.29) is 11.8 Å². The average molecular weight is 315 g/mol. The van der Waals surface area contributed by atoms with E-state index >= 15 is 0 Å². The van der Waals surface area contributed by atoms with Gasteiger partial charge in [0.25, 0.3) is 0 Å². The van der Waals surface area contributed by atoms with Crippen LogP contribution >= 0.6 is 0 Å². The first-order valence-electron chi connectivity index (χ1n) is 7.55. The number of nitrogens with one attached hydrogen (secondary N) is 1. The second-order valence-corrected chi connectivity index (χ2v) is 5.65. The van der Waals surface area contributed by atoms with Crippen molar-refractivity contribution in [1.29, 1.82) is 0 Å². The van der Waals surface area contributed by atoms with Crippen LogP contribution in [0, 0.1) is 5.82 Å². The second kappa shape index (κ2) is 8.29. The Kier molecular flexibility index (Phi) is 6.11. The van der Waals surface area contributed by atoms with Gasteiger partial charge in [0.05, 0.1) is 0 Å². The van der Waals surface area contributed by atoms with E-state index in [2.05, 4.69) is 5.32 Å². The molecule has 2 aromatic rings. The molecule has 2 aromatic carbocycles. The van der Waals surface area contributed by atoms with E-state index in [4.69, 9.17) is 0 Å². The molecule has 0 saturated heterocycles. The lowest BCUT2D eigenvalue weighted by Crippen LogP contribution is -2.39. The van der Waals surface area contributed by atoms with Crippen LogP contribution in [0.25, 0.3) is 0 Å². The molecule has 0 aliphatic rings. The van der Waals surface area contributed by atoms with Gasteiger partial charge in [0.2, 0.25) is 0 Å². The van der Waals surface area contributed by atoms with Crippen molar-refractivity contribution in [2.75, 3.05) is 32.5 Å². The zero-order chi connectivity index (χ0) is 16.7. The molecule has 0 heterocycles. The van der Waals surface area contributed by atoms with Crippen LogP contribution in [-0.2, 0) is 6.54 Å². The van der Waals surface area contributed by atoms with Crippen LogP contribution in [0.2, 0.25) is 0 Å². The van der Waals surface area contributed by atoms with Crippen LogP contribution < -0.4 is 5.32 Å². The van der Waals surface area contributed by atoms with Gasteiger partial charge in [-0.05, 0) is 43.9 Å². The molecule has 0 aliphatic heterocycles. The third-order valence-electron chi connectivity index (χ3n) is 3.42. The Morgan fingerprint density at radius 3 is 2.26 bits per heavy atom. The summed E-state index contributed by atoms with van der Waals surface area (Å²) in [4.78, 5) is 16.3. The number of amides is 2. The number of nitrogens with zero attached hydrogens (tertiary/aromatic N) is 2. The molecular formula is C18H22FN3O. The monoisotopic (exact) mass is 315 g/mol. The number of carbonyl (C=O) groups excluding carboxylic acids is 1. The van der Waals surface area contributed by atoms with Crippen molar-refractivity contribution in [2.24, 2.45) is 0 Å². The number of anilines is 1. The molecule has 0 spiro atoms. The predicted molar refractivity (Wildman–Crippen MR) is 90.8 cm³/mol. The van der Waals surface area contributed by atoms with Gasteiger partial charge < -0.3 is 15.1 Å². The maximum absolute atomic E-state index is 13.0. The Labute approximate surface area is 136 Å². The van der Waals surface area contributed by atoms with Crippen molar-refractivity contribution in [3.05, 3.63) is 66.0 Å². The summed E-state index contributed by atoms with van der Waals surface area (Å²) in [5.41, 5.74) is 1.65. The van der Waals surface area contributed by atoms with E-state index in [1.165, 1.54) is 12.1 Å². The highest BCUT2D eigenvalue weighted by Gasteiger charge is 2.14. The van der Waals surface area contributed by atoms with Crippen molar-refractivity contribution in [3.8, 4) is 0 Å². The van der Waals surface area contributed by atoms with E-state index in [0.29, 0.717) is 13.1 Å². The summed E-state index contributed by atoms with van der Waals surface area (Å²) in [6.07, 6.45) is 0. The maximum atomic E-state index is 13.0. The highest BCUT2D eigenvalue weighted by molar-refractivity contribution is 5.89. The van der Waals surface area contributed by atoms with Crippen LogP contribution in [0.1, 0.15) is 5.56 Å². The number of halogens is 1. The van der Waals surface area contributed by atoms with Gasteiger partial charge in [-0.1, -0.05) is 30.3 Å². The highest BCUT2D eigenvalue weighted by Crippen LogP contribution is 2.10. The first kappa shape index (κ1) is 17.0. The number of rotatable bonds is 6. The standard InChI is InChI=1S/C18H22FN3O/c1-21(2)12-13-22(14-15-8-10-16(19)11-9-15)18(23)20-17-6-4-3-5-7-17/h3-11H,12-14H2,1-2H3,(H,20,23). The molecule has 5 heteroatoms. The minimum absolute atomic E-state index is 0.164. The van der Waals surface area contributed by atoms with Gasteiger partial charge in [-0.3, -0.25) is 0 Å². The highest BCUT2D eigenvalue weighted by atomic mass is 19.1. The number of benzene rings is 2. The number of hydrogen-bond acceptors (Lipinski definition) is 2. The number of para-hydroxylation sites is 1. The molecule has 0 radical (unpaired) electrons. The summed E-state index contributed by atoms with van der Waals surface area (Å²) in [5.74, 6) is -0.276. The summed E-state index contributed by atoms with van der Waals surface area (Å²) in [6.45, 7) is 1.78. The Bertz CT molecular complexity index is 614. The van der Waals surface area contributed by atoms with Crippen molar-refractivity contribution < 1.29 is 9.18 Å². The SMILES string of the molecule is CN(C)CCN(Cc1ccc(F)cc1)C(=O)Nc1ccccc1. The zero-order valence-corrected chi connectivity index (χ0v) is 13.5. The van der Waals surface area contributed by atoms with Gasteiger partial charge in [0, 0.05) is 25.3 Å². The van der Waals surface area contributed by atoms with Crippen molar-refractivity contribution in [1.82, 2.24) is 9.80 Å². The molecule has 23 heavy (non-hydrogen) atoms. The van der Waals surface area contributed by atoms with E-state index < -0.39 is 0 Å². The fourth-order valence-electron chi connectivity index (χ4n) is 2.11. The Morgan fingerprint density at radius 2 is 1.65 bits per heavy atom. The summed E-state index contributed by atoms with van der Waals surface area (Å²) >= 11 is 0. The molecule has 1 N–H and O–H groups in total. The van der Waals surface area contributed by atoms with Crippen molar-refractivity contribution in [2.45, 2.75) is 6.54 Å². The number of likely N-dealkylation sites (N-methyl/N-ethyl adjacent to an activating group) is 1. The number of hydrogen-bond donors (Lipinski definition) is 1. The van der Waals surface area contributed by atoms with Gasteiger partial charge in [0.1, 0.15) is 5.82 Å². The first-order valence-corrected chi connectivity index (χ1v) is 7.55. The summed E-state index contributed by atoms with van der Waals surface area (Å²) < 4.78 is 13.0. The van der Waals surface area contributed by atoms with E-state index in [0.717, 1.165) is 17.8 Å². The molecular weight excluding hydrogens is 293 g/mol. The molecule has 2 amide bonds. The summed E-state index contributed by atoms with van der Waals surface area (Å²) in [6, 6.07) is 15.4. The van der Waals surface area contributed by atoms with Crippen LogP contribution in [-0.4, -0.2) is 43.0 Å². The third-order valence-corrected chi connectivity index (χ3v) is 3.42. The van der Waals surface area contributed by atoms with Crippen molar-refractivity contribution >= 4 is 11.7 Å². The van der Waals surface area contributed by atoms with Crippen molar-refractivity contribution in [3.63, 3.8) is 0 Å². The molecule has 4 nitrogen and oxygen atoms in total. The lowest BCUT2D eigenvalue weighted by Gasteiger charge is -2.25. The Morgan fingerprint density at radius 1 is 1.00 bits per heavy atom. The Balaban J connectivity index is 2.06. The molecule has 0 unspecified atom stereocenters. The lowest BCUT2D eigenvalue weighted by atomic mass is 10.2. The normalized spacial score (nSPS) is 10.6. The molecule has 0 saturated carbocycles. The Hall–Kier alpha value is -2.40. The third kappa shape index (κ3) is 5.71. The molecule has 0 atom stereocenters. The summed E-state index contributed by atoms with van der Waals surface area (Å²) in [5, 5.41) is 2.89. The molecule has 0 fully saturated rings. The maximum Gasteiger partial charge on any atom is 0.322 e. The smallest absolute Gasteiger partial charge is 0.319 e. The zero-order valence-electron chi connectivity index (χ0n) is 13.5. The number of carbonyl (C=O) groups is 1. The van der Waals surface area contributed by atoms with Gasteiger partial charge in [-0.25, -0.2) is 9.18 Å². The minimum Gasteiger partial charge on any atom is -0.319 e. The molecule has 122 valence electrons. The topological polar surface area (TPSA) is 35.6 Å². The van der Waals surface area contributed by atoms with Gasteiger partial charge in [-0.15, -0.1) is 0 Å². The van der Waals surface area contributed by atoms with Crippen LogP contribution in [0.3, 0.4) is 0 Å². The van der Waals surface area contributed by atoms with E-state index in [9.17, 15) is 9.18 Å². The quantitative estimate of drug-likeness (QED) is 0.886. The van der Waals surface area contributed by atoms with E-state index in [1.54, 1.807) is 17.0 Å². The van der Waals surface area contributed by atoms with Crippen LogP contribution in [0.15, 0.2) is 54.6 Å². The predicted octanol–water partition coefficient (Wildman–Crippen LogP) is 3.42. The second-order valence-electron chi connectivity index (χ2n) is 5.65. The van der Waals surface area contributed by atoms with E-state index in [1.807, 2.05) is 49.3 Å². The lowest BCUT2D eigenvalue weighted by molar-refractivity contribution is 0.202. The van der Waals surface area contributed by atoms with Crippen LogP contribution in [0.5, 0.6) is 0 Å². The fourth-order valence-corrected chi connectivity index (χ4v) is 2.11.